The molecule has 7 aromatic rings. The van der Waals surface area contributed by atoms with E-state index in [1.54, 1.807) is 17.7 Å². The lowest BCUT2D eigenvalue weighted by Crippen LogP contribution is -2.31. The van der Waals surface area contributed by atoms with Crippen LogP contribution < -0.4 is 4.57 Å². The molecular formula is C34H24F2NO+. The van der Waals surface area contributed by atoms with E-state index in [0.29, 0.717) is 28.0 Å². The topological polar surface area (TPSA) is 17.0 Å². The molecule has 184 valence electrons. The van der Waals surface area contributed by atoms with Gasteiger partial charge in [0, 0.05) is 26.5 Å². The number of hydrogen-bond donors (Lipinski definition) is 0. The van der Waals surface area contributed by atoms with Gasteiger partial charge in [0.2, 0.25) is 5.69 Å². The molecule has 0 saturated heterocycles. The van der Waals surface area contributed by atoms with E-state index in [2.05, 4.69) is 6.07 Å². The highest BCUT2D eigenvalue weighted by Gasteiger charge is 2.25. The Morgan fingerprint density at radius 3 is 2.16 bits per heavy atom. The van der Waals surface area contributed by atoms with E-state index in [1.807, 2.05) is 67.6 Å². The zero-order valence-corrected chi connectivity index (χ0v) is 20.8. The number of rotatable bonds is 2. The van der Waals surface area contributed by atoms with Crippen molar-refractivity contribution in [3.63, 3.8) is 0 Å². The second kappa shape index (κ2) is 8.22. The molecule has 0 aliphatic heterocycles. The van der Waals surface area contributed by atoms with Crippen molar-refractivity contribution in [2.24, 2.45) is 7.05 Å². The molecular weight excluding hydrogens is 476 g/mol. The first kappa shape index (κ1) is 19.5. The van der Waals surface area contributed by atoms with E-state index in [9.17, 15) is 0 Å². The van der Waals surface area contributed by atoms with Crippen LogP contribution in [0, 0.1) is 25.4 Å². The molecule has 0 N–H and O–H groups in total. The highest BCUT2D eigenvalue weighted by molar-refractivity contribution is 6.18. The lowest BCUT2D eigenvalue weighted by atomic mass is 9.92. The zero-order valence-electron chi connectivity index (χ0n) is 23.8. The smallest absolute Gasteiger partial charge is 0.219 e. The minimum absolute atomic E-state index is 0.356. The Morgan fingerprint density at radius 1 is 0.684 bits per heavy atom. The summed E-state index contributed by atoms with van der Waals surface area (Å²) in [7, 11) is 1.68. The predicted molar refractivity (Wildman–Crippen MR) is 150 cm³/mol. The molecule has 0 spiro atoms. The Hall–Kier alpha value is -4.57. The first-order valence-electron chi connectivity index (χ1n) is 13.9. The molecule has 0 atom stereocenters. The molecule has 0 aliphatic rings. The van der Waals surface area contributed by atoms with Crippen LogP contribution in [-0.2, 0) is 7.05 Å². The molecule has 0 amide bonds. The molecule has 0 aliphatic carbocycles. The van der Waals surface area contributed by atoms with Crippen molar-refractivity contribution < 1.29 is 21.9 Å². The molecule has 0 saturated carbocycles. The molecule has 0 unspecified atom stereocenters. The molecule has 2 aromatic heterocycles. The third kappa shape index (κ3) is 3.20. The quantitative estimate of drug-likeness (QED) is 0.170. The van der Waals surface area contributed by atoms with Gasteiger partial charge in [-0.15, -0.1) is 0 Å². The van der Waals surface area contributed by atoms with Crippen LogP contribution in [0.3, 0.4) is 0 Å². The number of furan rings is 1. The maximum absolute atomic E-state index is 15.9. The second-order valence-electron chi connectivity index (χ2n) is 9.76. The Morgan fingerprint density at radius 2 is 1.37 bits per heavy atom. The van der Waals surface area contributed by atoms with Gasteiger partial charge in [0.25, 0.3) is 0 Å². The van der Waals surface area contributed by atoms with Crippen molar-refractivity contribution in [2.45, 2.75) is 13.8 Å². The zero-order chi connectivity index (χ0) is 28.6. The van der Waals surface area contributed by atoms with Gasteiger partial charge >= 0.3 is 0 Å². The van der Waals surface area contributed by atoms with Gasteiger partial charge in [-0.2, -0.15) is 0 Å². The molecule has 2 nitrogen and oxygen atoms in total. The summed E-state index contributed by atoms with van der Waals surface area (Å²) in [6.45, 7) is -0.703. The largest absolute Gasteiger partial charge is 0.454 e. The van der Waals surface area contributed by atoms with Crippen LogP contribution in [0.4, 0.5) is 8.78 Å². The van der Waals surface area contributed by atoms with Crippen LogP contribution in [-0.4, -0.2) is 0 Å². The number of pyridine rings is 1. The first-order valence-corrected chi connectivity index (χ1v) is 12.4. The average molecular weight is 504 g/mol. The number of halogens is 2. The second-order valence-corrected chi connectivity index (χ2v) is 9.76. The molecule has 0 radical (unpaired) electrons. The minimum Gasteiger partial charge on any atom is -0.454 e. The molecule has 2 heterocycles. The number of hydrogen-bond acceptors (Lipinski definition) is 1. The molecule has 0 fully saturated rings. The van der Waals surface area contributed by atoms with Crippen molar-refractivity contribution in [3.8, 4) is 22.4 Å². The summed E-state index contributed by atoms with van der Waals surface area (Å²) in [5, 5.41) is 5.48. The average Bonchev–Trinajstić information content (AvgIpc) is 3.31. The molecule has 5 aromatic carbocycles. The van der Waals surface area contributed by atoms with Gasteiger partial charge in [-0.3, -0.25) is 0 Å². The third-order valence-electron chi connectivity index (χ3n) is 7.48. The molecule has 7 rings (SSSR count). The standard InChI is InChI=1S/C34H24F2NO/c1-19-12-13-25-26-14-15-28(35)32(27-16-21-8-4-5-9-22(21)23-10-6-7-11-24(23)27)34(26)38-33(25)31(19)30-17-29(36)20(2)18-37(30)3/h4-18H,1-3H3/q+1/i2D3. The Labute approximate surface area is 222 Å². The van der Waals surface area contributed by atoms with E-state index >= 15 is 8.78 Å². The van der Waals surface area contributed by atoms with Crippen LogP contribution in [0.2, 0.25) is 0 Å². The molecule has 4 heteroatoms. The van der Waals surface area contributed by atoms with Crippen LogP contribution in [0.5, 0.6) is 0 Å². The van der Waals surface area contributed by atoms with E-state index in [1.165, 1.54) is 18.3 Å². The first-order chi connectivity index (χ1) is 19.6. The fraction of sp³-hybridized carbons (Fsp3) is 0.0882. The lowest BCUT2D eigenvalue weighted by molar-refractivity contribution is -0.661. The fourth-order valence-electron chi connectivity index (χ4n) is 5.68. The summed E-state index contributed by atoms with van der Waals surface area (Å²) in [5.74, 6) is -1.23. The van der Waals surface area contributed by atoms with Crippen LogP contribution in [0.15, 0.2) is 95.5 Å². The maximum atomic E-state index is 15.9. The number of nitrogens with zero attached hydrogens (tertiary/aromatic N) is 1. The summed E-state index contributed by atoms with van der Waals surface area (Å²) < 4.78 is 62.2. The third-order valence-corrected chi connectivity index (χ3v) is 7.48. The summed E-state index contributed by atoms with van der Waals surface area (Å²) in [6.07, 6.45) is 1.30. The van der Waals surface area contributed by atoms with Gasteiger partial charge in [-0.25, -0.2) is 13.3 Å². The van der Waals surface area contributed by atoms with E-state index in [4.69, 9.17) is 8.53 Å². The SMILES string of the molecule is [2H]C([2H])([2H])c1c[n+](C)c(-c2c(C)ccc3c2oc2c(-c4cc5ccccc5c5ccccc45)c(F)ccc23)cc1F. The van der Waals surface area contributed by atoms with Crippen molar-refractivity contribution in [2.75, 3.05) is 0 Å². The van der Waals surface area contributed by atoms with Crippen molar-refractivity contribution in [1.29, 1.82) is 0 Å². The highest BCUT2D eigenvalue weighted by atomic mass is 19.1. The number of fused-ring (bicyclic) bond motifs is 6. The van der Waals surface area contributed by atoms with Crippen LogP contribution >= 0.6 is 0 Å². The van der Waals surface area contributed by atoms with Crippen molar-refractivity contribution in [3.05, 3.63) is 114 Å². The lowest BCUT2D eigenvalue weighted by Gasteiger charge is -2.12. The normalized spacial score (nSPS) is 13.3. The van der Waals surface area contributed by atoms with Gasteiger partial charge < -0.3 is 4.42 Å². The monoisotopic (exact) mass is 503 g/mol. The Bertz CT molecular complexity index is 2200. The number of benzene rings is 5. The van der Waals surface area contributed by atoms with Gasteiger partial charge in [0.15, 0.2) is 6.20 Å². The summed E-state index contributed by atoms with van der Waals surface area (Å²) >= 11 is 0. The van der Waals surface area contributed by atoms with Crippen molar-refractivity contribution in [1.82, 2.24) is 0 Å². The molecule has 0 bridgehead atoms. The van der Waals surface area contributed by atoms with Gasteiger partial charge in [-0.05, 0) is 64.6 Å². The summed E-state index contributed by atoms with van der Waals surface area (Å²) in [4.78, 5) is 0. The van der Waals surface area contributed by atoms with Gasteiger partial charge in [-0.1, -0.05) is 60.7 Å². The van der Waals surface area contributed by atoms with Gasteiger partial charge in [0.1, 0.15) is 29.8 Å². The Kier molecular flexibility index (Phi) is 4.22. The minimum atomic E-state index is -2.59. The van der Waals surface area contributed by atoms with Crippen LogP contribution in [0.25, 0.3) is 65.9 Å². The highest BCUT2D eigenvalue weighted by Crippen LogP contribution is 2.44. The fourth-order valence-corrected chi connectivity index (χ4v) is 5.68. The predicted octanol–water partition coefficient (Wildman–Crippen LogP) is 8.95. The van der Waals surface area contributed by atoms with E-state index in [-0.39, 0.29) is 5.56 Å². The van der Waals surface area contributed by atoms with Crippen molar-refractivity contribution >= 4 is 43.5 Å². The summed E-state index contributed by atoms with van der Waals surface area (Å²) in [5.41, 5.74) is 3.49. The van der Waals surface area contributed by atoms with E-state index < -0.39 is 18.5 Å². The van der Waals surface area contributed by atoms with Crippen LogP contribution in [0.1, 0.15) is 15.2 Å². The van der Waals surface area contributed by atoms with E-state index in [0.717, 1.165) is 43.4 Å². The van der Waals surface area contributed by atoms with Gasteiger partial charge in [0.05, 0.1) is 11.1 Å². The summed E-state index contributed by atoms with van der Waals surface area (Å²) in [6, 6.07) is 26.2. The number of aromatic nitrogens is 1. The number of aryl methyl sites for hydroxylation is 3. The molecule has 38 heavy (non-hydrogen) atoms. The Balaban J connectivity index is 1.57. The maximum Gasteiger partial charge on any atom is 0.219 e.